The maximum absolute atomic E-state index is 13.9. The van der Waals surface area contributed by atoms with Gasteiger partial charge in [0.25, 0.3) is 0 Å². The summed E-state index contributed by atoms with van der Waals surface area (Å²) in [6.07, 6.45) is 8.16. The van der Waals surface area contributed by atoms with Crippen LogP contribution < -0.4 is 0 Å². The summed E-state index contributed by atoms with van der Waals surface area (Å²) in [7, 11) is 0. The van der Waals surface area contributed by atoms with E-state index in [2.05, 4.69) is 62.3 Å². The zero-order valence-electron chi connectivity index (χ0n) is 20.3. The van der Waals surface area contributed by atoms with E-state index in [4.69, 9.17) is 0 Å². The van der Waals surface area contributed by atoms with Crippen LogP contribution in [0.2, 0.25) is 0 Å². The first-order chi connectivity index (χ1) is 12.7. The number of carbonyl (C=O) groups is 1. The minimum atomic E-state index is -0.663. The molecule has 3 aliphatic carbocycles. The monoisotopic (exact) mass is 392 g/mol. The third kappa shape index (κ3) is 4.09. The molecular formula is C26H48O2. The molecule has 0 aromatic carbocycles. The van der Waals surface area contributed by atoms with Gasteiger partial charge in [0, 0.05) is 6.42 Å². The van der Waals surface area contributed by atoms with Gasteiger partial charge in [-0.15, -0.1) is 0 Å². The molecule has 2 nitrogen and oxygen atoms in total. The lowest BCUT2D eigenvalue weighted by atomic mass is 9.49. The third-order valence-electron chi connectivity index (χ3n) is 9.38. The largest absolute Gasteiger partial charge is 0.395 e. The second-order valence-corrected chi connectivity index (χ2v) is 12.7. The highest BCUT2D eigenvalue weighted by molar-refractivity contribution is 5.86. The van der Waals surface area contributed by atoms with Crippen LogP contribution in [-0.2, 0) is 4.79 Å². The van der Waals surface area contributed by atoms with E-state index in [1.807, 2.05) is 0 Å². The molecule has 164 valence electrons. The van der Waals surface area contributed by atoms with Crippen LogP contribution in [0.25, 0.3) is 0 Å². The number of ketones is 1. The number of aliphatic hydroxyl groups is 1. The van der Waals surface area contributed by atoms with Gasteiger partial charge in [-0.2, -0.15) is 0 Å². The summed E-state index contributed by atoms with van der Waals surface area (Å²) in [6, 6.07) is 0. The minimum absolute atomic E-state index is 0.0438. The van der Waals surface area contributed by atoms with Crippen molar-refractivity contribution in [3.05, 3.63) is 0 Å². The van der Waals surface area contributed by atoms with E-state index in [9.17, 15) is 9.90 Å². The zero-order chi connectivity index (χ0) is 21.5. The second-order valence-electron chi connectivity index (χ2n) is 12.7. The first-order valence-corrected chi connectivity index (χ1v) is 11.9. The van der Waals surface area contributed by atoms with Crippen molar-refractivity contribution in [2.75, 3.05) is 6.61 Å². The molecule has 0 saturated heterocycles. The van der Waals surface area contributed by atoms with E-state index in [1.54, 1.807) is 0 Å². The Bertz CT molecular complexity index is 547. The second kappa shape index (κ2) is 8.05. The van der Waals surface area contributed by atoms with E-state index in [0.29, 0.717) is 6.42 Å². The molecular weight excluding hydrogens is 344 g/mol. The summed E-state index contributed by atoms with van der Waals surface area (Å²) < 4.78 is 0. The van der Waals surface area contributed by atoms with Crippen molar-refractivity contribution in [2.45, 2.75) is 107 Å². The van der Waals surface area contributed by atoms with Gasteiger partial charge in [0.1, 0.15) is 5.78 Å². The van der Waals surface area contributed by atoms with Crippen LogP contribution in [0.5, 0.6) is 0 Å². The Morgan fingerprint density at radius 2 is 1.64 bits per heavy atom. The molecule has 0 aliphatic heterocycles. The van der Waals surface area contributed by atoms with Gasteiger partial charge >= 0.3 is 0 Å². The van der Waals surface area contributed by atoms with Crippen LogP contribution in [0.3, 0.4) is 0 Å². The van der Waals surface area contributed by atoms with Crippen molar-refractivity contribution in [3.63, 3.8) is 0 Å². The summed E-state index contributed by atoms with van der Waals surface area (Å²) in [4.78, 5) is 13.9. The molecule has 0 spiro atoms. The lowest BCUT2D eigenvalue weighted by Gasteiger charge is -2.55. The van der Waals surface area contributed by atoms with Crippen LogP contribution in [-0.4, -0.2) is 17.5 Å². The topological polar surface area (TPSA) is 37.3 Å². The highest BCUT2D eigenvalue weighted by Gasteiger charge is 2.54. The predicted molar refractivity (Wildman–Crippen MR) is 119 cm³/mol. The third-order valence-corrected chi connectivity index (χ3v) is 9.38. The van der Waals surface area contributed by atoms with Crippen molar-refractivity contribution in [3.8, 4) is 0 Å². The Labute approximate surface area is 175 Å². The molecule has 3 rings (SSSR count). The molecule has 2 heteroatoms. The highest BCUT2D eigenvalue weighted by Crippen LogP contribution is 2.58. The number of rotatable bonds is 7. The van der Waals surface area contributed by atoms with Crippen molar-refractivity contribution in [1.82, 2.24) is 0 Å². The van der Waals surface area contributed by atoms with Gasteiger partial charge in [-0.1, -0.05) is 68.7 Å². The van der Waals surface area contributed by atoms with Crippen LogP contribution in [0.15, 0.2) is 0 Å². The number of hydrogen-bond donors (Lipinski definition) is 1. The Balaban J connectivity index is 2.32. The Hall–Kier alpha value is -0.370. The Morgan fingerprint density at radius 3 is 2.11 bits per heavy atom. The molecule has 1 N–H and O–H groups in total. The van der Waals surface area contributed by atoms with Gasteiger partial charge in [-0.05, 0) is 72.0 Å². The van der Waals surface area contributed by atoms with E-state index in [-0.39, 0.29) is 34.6 Å². The summed E-state index contributed by atoms with van der Waals surface area (Å²) >= 11 is 0. The Morgan fingerprint density at radius 1 is 1.07 bits per heavy atom. The fraction of sp³-hybridized carbons (Fsp3) is 0.962. The van der Waals surface area contributed by atoms with Gasteiger partial charge in [0.05, 0.1) is 12.0 Å². The van der Waals surface area contributed by atoms with Gasteiger partial charge < -0.3 is 5.11 Å². The molecule has 3 aliphatic rings. The quantitative estimate of drug-likeness (QED) is 0.512. The summed E-state index contributed by atoms with van der Waals surface area (Å²) in [6.45, 7) is 20.2. The molecule has 4 atom stereocenters. The molecule has 0 aromatic rings. The lowest BCUT2D eigenvalue weighted by molar-refractivity contribution is -0.151. The normalized spacial score (nSPS) is 34.6. The molecule has 0 amide bonds. The SMILES string of the molecule is CCC(C)C(CO)(C(=O)CC(C)(C)C1(C)CC(C)CC2CC(C2)C1)C(C)(C)C. The van der Waals surface area contributed by atoms with Crippen LogP contribution in [0.1, 0.15) is 107 Å². The average molecular weight is 393 g/mol. The van der Waals surface area contributed by atoms with Crippen LogP contribution in [0.4, 0.5) is 0 Å². The number of hydrogen-bond acceptors (Lipinski definition) is 2. The zero-order valence-corrected chi connectivity index (χ0v) is 20.3. The van der Waals surface area contributed by atoms with Crippen molar-refractivity contribution < 1.29 is 9.90 Å². The van der Waals surface area contributed by atoms with E-state index in [0.717, 1.165) is 24.2 Å². The first kappa shape index (κ1) is 23.9. The predicted octanol–water partition coefficient (Wildman–Crippen LogP) is 6.90. The van der Waals surface area contributed by atoms with Crippen molar-refractivity contribution in [2.24, 2.45) is 45.3 Å². The first-order valence-electron chi connectivity index (χ1n) is 11.9. The maximum atomic E-state index is 13.9. The molecule has 4 unspecified atom stereocenters. The fourth-order valence-electron chi connectivity index (χ4n) is 6.96. The average Bonchev–Trinajstić information content (AvgIpc) is 2.49. The summed E-state index contributed by atoms with van der Waals surface area (Å²) in [5.74, 6) is 3.02. The number of carbonyl (C=O) groups excluding carboxylic acids is 1. The highest BCUT2D eigenvalue weighted by atomic mass is 16.3. The summed E-state index contributed by atoms with van der Waals surface area (Å²) in [5.41, 5.74) is -0.780. The lowest BCUT2D eigenvalue weighted by Crippen LogP contribution is -2.53. The Kier molecular flexibility index (Phi) is 6.87. The maximum Gasteiger partial charge on any atom is 0.142 e. The number of fused-ring (bicyclic) bond motifs is 4. The van der Waals surface area contributed by atoms with E-state index >= 15 is 0 Å². The smallest absolute Gasteiger partial charge is 0.142 e. The molecule has 28 heavy (non-hydrogen) atoms. The van der Waals surface area contributed by atoms with Gasteiger partial charge in [0.2, 0.25) is 0 Å². The van der Waals surface area contributed by atoms with E-state index < -0.39 is 5.41 Å². The minimum Gasteiger partial charge on any atom is -0.395 e. The van der Waals surface area contributed by atoms with Gasteiger partial charge in [0.15, 0.2) is 0 Å². The van der Waals surface area contributed by atoms with Gasteiger partial charge in [-0.25, -0.2) is 0 Å². The van der Waals surface area contributed by atoms with Crippen molar-refractivity contribution in [1.29, 1.82) is 0 Å². The number of Topliss-reactive ketones (excluding diaryl/α,β-unsaturated/α-hetero) is 1. The summed E-state index contributed by atoms with van der Waals surface area (Å²) in [5, 5.41) is 10.5. The molecule has 3 saturated carbocycles. The van der Waals surface area contributed by atoms with E-state index in [1.165, 1.54) is 32.1 Å². The van der Waals surface area contributed by atoms with Crippen LogP contribution in [0, 0.1) is 45.3 Å². The molecule has 3 fully saturated rings. The molecule has 0 radical (unpaired) electrons. The number of aliphatic hydroxyl groups excluding tert-OH is 1. The molecule has 0 heterocycles. The van der Waals surface area contributed by atoms with Gasteiger partial charge in [-0.3, -0.25) is 4.79 Å². The van der Waals surface area contributed by atoms with Crippen LogP contribution >= 0.6 is 0 Å². The van der Waals surface area contributed by atoms with Crippen molar-refractivity contribution >= 4 is 5.78 Å². The standard InChI is InChI=1S/C26H48O2/c1-10-19(3)26(17-27,23(4,5)6)22(28)16-24(7,8)25(9)14-18(2)11-20-12-21(13-20)15-25/h18-21,27H,10-17H2,1-9H3. The fourth-order valence-corrected chi connectivity index (χ4v) is 6.96. The molecule has 2 bridgehead atoms. The molecule has 0 aromatic heterocycles.